The Kier molecular flexibility index (Phi) is 2.88. The van der Waals surface area contributed by atoms with E-state index in [1.807, 2.05) is 0 Å². The predicted octanol–water partition coefficient (Wildman–Crippen LogP) is 0.951. The van der Waals surface area contributed by atoms with Crippen LogP contribution < -0.4 is 0 Å². The minimum atomic E-state index is -0.875. The second kappa shape index (κ2) is 3.77. The number of aromatic nitrogens is 3. The zero-order chi connectivity index (χ0) is 10.8. The average molecular weight is 197 g/mol. The normalized spacial score (nSPS) is 11.6. The van der Waals surface area contributed by atoms with E-state index < -0.39 is 5.97 Å². The van der Waals surface area contributed by atoms with E-state index in [2.05, 4.69) is 31.0 Å². The summed E-state index contributed by atoms with van der Waals surface area (Å²) in [4.78, 5) is 10.5. The first-order chi connectivity index (χ1) is 6.38. The summed E-state index contributed by atoms with van der Waals surface area (Å²) >= 11 is 0. The molecule has 0 aromatic carbocycles. The second-order valence-corrected chi connectivity index (χ2v) is 4.51. The van der Waals surface area contributed by atoms with Crippen LogP contribution in [-0.2, 0) is 17.8 Å². The number of carbonyl (C=O) groups is 1. The monoisotopic (exact) mass is 197 g/mol. The summed E-state index contributed by atoms with van der Waals surface area (Å²) in [7, 11) is 0. The Hall–Kier alpha value is -1.39. The van der Waals surface area contributed by atoms with Gasteiger partial charge in [0, 0.05) is 6.42 Å². The van der Waals surface area contributed by atoms with Gasteiger partial charge in [0.05, 0.1) is 0 Å². The number of aliphatic carboxylic acids is 1. The largest absolute Gasteiger partial charge is 0.480 e. The van der Waals surface area contributed by atoms with Crippen molar-refractivity contribution in [2.24, 2.45) is 5.41 Å². The van der Waals surface area contributed by atoms with Crippen molar-refractivity contribution in [3.05, 3.63) is 12.2 Å². The fraction of sp³-hybridized carbons (Fsp3) is 0.667. The van der Waals surface area contributed by atoms with Gasteiger partial charge in [0.15, 0.2) is 0 Å². The summed E-state index contributed by atoms with van der Waals surface area (Å²) < 4.78 is 1.56. The smallest absolute Gasteiger partial charge is 0.323 e. The van der Waals surface area contributed by atoms with Gasteiger partial charge in [-0.2, -0.15) is 0 Å². The van der Waals surface area contributed by atoms with Crippen LogP contribution in [-0.4, -0.2) is 25.8 Å². The fourth-order valence-corrected chi connectivity index (χ4v) is 1.17. The maximum absolute atomic E-state index is 10.5. The highest BCUT2D eigenvalue weighted by Gasteiger charge is 2.16. The fourth-order valence-electron chi connectivity index (χ4n) is 1.17. The SMILES string of the molecule is CC(C)(C)Cc1nncn1CC(=O)O. The Morgan fingerprint density at radius 1 is 1.57 bits per heavy atom. The Bertz CT molecular complexity index is 325. The molecule has 14 heavy (non-hydrogen) atoms. The standard InChI is InChI=1S/C9H15N3O2/c1-9(2,3)4-7-11-10-6-12(7)5-8(13)14/h6H,4-5H2,1-3H3,(H,13,14). The van der Waals surface area contributed by atoms with Crippen molar-refractivity contribution in [3.8, 4) is 0 Å². The number of nitrogens with zero attached hydrogens (tertiary/aromatic N) is 3. The topological polar surface area (TPSA) is 68.0 Å². The van der Waals surface area contributed by atoms with Gasteiger partial charge in [0.2, 0.25) is 0 Å². The first-order valence-corrected chi connectivity index (χ1v) is 4.47. The minimum absolute atomic E-state index is 0.0710. The average Bonchev–Trinajstić information content (AvgIpc) is 2.32. The van der Waals surface area contributed by atoms with E-state index in [0.717, 1.165) is 12.2 Å². The van der Waals surface area contributed by atoms with Crippen molar-refractivity contribution in [1.29, 1.82) is 0 Å². The van der Waals surface area contributed by atoms with Gasteiger partial charge in [-0.15, -0.1) is 10.2 Å². The molecule has 0 amide bonds. The number of carboxylic acid groups (broad SMARTS) is 1. The molecular weight excluding hydrogens is 182 g/mol. The molecule has 0 aliphatic heterocycles. The van der Waals surface area contributed by atoms with Crippen molar-refractivity contribution in [2.45, 2.75) is 33.7 Å². The zero-order valence-corrected chi connectivity index (χ0v) is 8.69. The van der Waals surface area contributed by atoms with Crippen molar-refractivity contribution in [3.63, 3.8) is 0 Å². The first kappa shape index (κ1) is 10.7. The summed E-state index contributed by atoms with van der Waals surface area (Å²) in [5.41, 5.74) is 0.0866. The van der Waals surface area contributed by atoms with E-state index in [1.165, 1.54) is 6.33 Å². The third-order valence-electron chi connectivity index (χ3n) is 1.69. The van der Waals surface area contributed by atoms with Crippen LogP contribution in [0.2, 0.25) is 0 Å². The third kappa shape index (κ3) is 3.16. The molecule has 1 heterocycles. The molecule has 0 fully saturated rings. The molecule has 1 N–H and O–H groups in total. The van der Waals surface area contributed by atoms with Crippen LogP contribution in [0.3, 0.4) is 0 Å². The van der Waals surface area contributed by atoms with Crippen molar-refractivity contribution >= 4 is 5.97 Å². The van der Waals surface area contributed by atoms with Gasteiger partial charge >= 0.3 is 5.97 Å². The Labute approximate surface area is 82.8 Å². The molecule has 0 radical (unpaired) electrons. The van der Waals surface area contributed by atoms with Gasteiger partial charge in [0.25, 0.3) is 0 Å². The molecule has 0 bridgehead atoms. The molecule has 1 aromatic rings. The third-order valence-corrected chi connectivity index (χ3v) is 1.69. The van der Waals surface area contributed by atoms with Gasteiger partial charge in [-0.3, -0.25) is 4.79 Å². The predicted molar refractivity (Wildman–Crippen MR) is 50.8 cm³/mol. The highest BCUT2D eigenvalue weighted by atomic mass is 16.4. The van der Waals surface area contributed by atoms with Crippen molar-refractivity contribution in [2.75, 3.05) is 0 Å². The van der Waals surface area contributed by atoms with Crippen LogP contribution in [0.4, 0.5) is 0 Å². The Morgan fingerprint density at radius 3 is 2.71 bits per heavy atom. The highest BCUT2D eigenvalue weighted by Crippen LogP contribution is 2.18. The summed E-state index contributed by atoms with van der Waals surface area (Å²) in [5.74, 6) is -0.153. The van der Waals surface area contributed by atoms with Crippen LogP contribution in [0.1, 0.15) is 26.6 Å². The summed E-state index contributed by atoms with van der Waals surface area (Å²) in [6.07, 6.45) is 2.18. The van der Waals surface area contributed by atoms with Crippen LogP contribution in [0.25, 0.3) is 0 Å². The van der Waals surface area contributed by atoms with E-state index in [9.17, 15) is 4.79 Å². The maximum Gasteiger partial charge on any atom is 0.323 e. The lowest BCUT2D eigenvalue weighted by atomic mass is 9.92. The van der Waals surface area contributed by atoms with E-state index in [-0.39, 0.29) is 12.0 Å². The van der Waals surface area contributed by atoms with Gasteiger partial charge in [0.1, 0.15) is 18.7 Å². The molecule has 78 valence electrons. The van der Waals surface area contributed by atoms with Crippen LogP contribution in [0.5, 0.6) is 0 Å². The molecule has 0 spiro atoms. The quantitative estimate of drug-likeness (QED) is 0.783. The number of carboxylic acids is 1. The van der Waals surface area contributed by atoms with E-state index in [4.69, 9.17) is 5.11 Å². The molecule has 5 nitrogen and oxygen atoms in total. The molecule has 0 atom stereocenters. The zero-order valence-electron chi connectivity index (χ0n) is 8.69. The number of hydrogen-bond donors (Lipinski definition) is 1. The lowest BCUT2D eigenvalue weighted by molar-refractivity contribution is -0.137. The number of hydrogen-bond acceptors (Lipinski definition) is 3. The van der Waals surface area contributed by atoms with Gasteiger partial charge in [-0.05, 0) is 5.41 Å². The molecule has 0 aliphatic rings. The second-order valence-electron chi connectivity index (χ2n) is 4.51. The van der Waals surface area contributed by atoms with Crippen molar-refractivity contribution < 1.29 is 9.90 Å². The molecule has 5 heteroatoms. The van der Waals surface area contributed by atoms with E-state index in [0.29, 0.717) is 0 Å². The molecule has 1 aromatic heterocycles. The Balaban J connectivity index is 2.77. The summed E-state index contributed by atoms with van der Waals surface area (Å²) in [5, 5.41) is 16.2. The van der Waals surface area contributed by atoms with Crippen LogP contribution in [0.15, 0.2) is 6.33 Å². The Morgan fingerprint density at radius 2 is 2.21 bits per heavy atom. The van der Waals surface area contributed by atoms with Gasteiger partial charge in [-0.25, -0.2) is 0 Å². The van der Waals surface area contributed by atoms with Crippen LogP contribution >= 0.6 is 0 Å². The minimum Gasteiger partial charge on any atom is -0.480 e. The molecule has 0 saturated heterocycles. The molecular formula is C9H15N3O2. The first-order valence-electron chi connectivity index (χ1n) is 4.47. The van der Waals surface area contributed by atoms with E-state index >= 15 is 0 Å². The molecule has 0 saturated carbocycles. The molecule has 0 aliphatic carbocycles. The van der Waals surface area contributed by atoms with Gasteiger partial charge in [-0.1, -0.05) is 20.8 Å². The van der Waals surface area contributed by atoms with Gasteiger partial charge < -0.3 is 9.67 Å². The highest BCUT2D eigenvalue weighted by molar-refractivity contribution is 5.66. The molecule has 0 unspecified atom stereocenters. The summed E-state index contributed by atoms with van der Waals surface area (Å²) in [6.45, 7) is 6.16. The summed E-state index contributed by atoms with van der Waals surface area (Å²) in [6, 6.07) is 0. The van der Waals surface area contributed by atoms with E-state index in [1.54, 1.807) is 4.57 Å². The maximum atomic E-state index is 10.5. The van der Waals surface area contributed by atoms with Crippen molar-refractivity contribution in [1.82, 2.24) is 14.8 Å². The lowest BCUT2D eigenvalue weighted by Crippen LogP contribution is -2.17. The molecule has 1 rings (SSSR count). The number of rotatable bonds is 3. The van der Waals surface area contributed by atoms with Crippen LogP contribution in [0, 0.1) is 5.41 Å². The lowest BCUT2D eigenvalue weighted by Gasteiger charge is -2.17.